The predicted octanol–water partition coefficient (Wildman–Crippen LogP) is 1.36. The standard InChI is InChI=1S/C11H15F2NO3S/c1-8(15)5-6-14(2)18(16,17)11-4-3-9(12)7-10(11)13/h3-4,7-8,15H,5-6H2,1-2H3. The van der Waals surface area contributed by atoms with Gasteiger partial charge in [-0.25, -0.2) is 21.5 Å². The second-order valence-corrected chi connectivity index (χ2v) is 6.05. The Morgan fingerprint density at radius 1 is 1.39 bits per heavy atom. The van der Waals surface area contributed by atoms with Gasteiger partial charge in [-0.05, 0) is 25.5 Å². The van der Waals surface area contributed by atoms with Crippen LogP contribution in [0.4, 0.5) is 8.78 Å². The molecule has 18 heavy (non-hydrogen) atoms. The van der Waals surface area contributed by atoms with E-state index in [9.17, 15) is 17.2 Å². The van der Waals surface area contributed by atoms with Crippen molar-refractivity contribution in [2.24, 2.45) is 0 Å². The van der Waals surface area contributed by atoms with Gasteiger partial charge >= 0.3 is 0 Å². The van der Waals surface area contributed by atoms with Gasteiger partial charge in [-0.3, -0.25) is 0 Å². The molecule has 0 bridgehead atoms. The molecule has 0 saturated carbocycles. The summed E-state index contributed by atoms with van der Waals surface area (Å²) >= 11 is 0. The number of sulfonamides is 1. The Morgan fingerprint density at radius 3 is 2.50 bits per heavy atom. The van der Waals surface area contributed by atoms with Crippen molar-refractivity contribution in [1.82, 2.24) is 4.31 Å². The first-order valence-corrected chi connectivity index (χ1v) is 6.78. The molecule has 102 valence electrons. The van der Waals surface area contributed by atoms with E-state index in [-0.39, 0.29) is 13.0 Å². The number of hydrogen-bond acceptors (Lipinski definition) is 3. The van der Waals surface area contributed by atoms with Crippen LogP contribution in [-0.2, 0) is 10.0 Å². The van der Waals surface area contributed by atoms with Gasteiger partial charge in [-0.15, -0.1) is 0 Å². The summed E-state index contributed by atoms with van der Waals surface area (Å²) in [5.74, 6) is -1.96. The third kappa shape index (κ3) is 3.47. The van der Waals surface area contributed by atoms with Crippen LogP contribution >= 0.6 is 0 Å². The minimum atomic E-state index is -4.00. The van der Waals surface area contributed by atoms with Crippen LogP contribution in [0.3, 0.4) is 0 Å². The molecule has 7 heteroatoms. The van der Waals surface area contributed by atoms with E-state index in [0.29, 0.717) is 6.07 Å². The zero-order valence-corrected chi connectivity index (χ0v) is 10.9. The predicted molar refractivity (Wildman–Crippen MR) is 62.5 cm³/mol. The topological polar surface area (TPSA) is 57.6 Å². The van der Waals surface area contributed by atoms with Gasteiger partial charge in [0.2, 0.25) is 10.0 Å². The van der Waals surface area contributed by atoms with E-state index >= 15 is 0 Å². The summed E-state index contributed by atoms with van der Waals surface area (Å²) in [6.07, 6.45) is -0.417. The smallest absolute Gasteiger partial charge is 0.245 e. The lowest BCUT2D eigenvalue weighted by atomic mass is 10.3. The van der Waals surface area contributed by atoms with Gasteiger partial charge < -0.3 is 5.11 Å². The Hall–Kier alpha value is -1.05. The zero-order valence-electron chi connectivity index (χ0n) is 10.1. The molecule has 0 spiro atoms. The molecule has 1 unspecified atom stereocenters. The maximum absolute atomic E-state index is 13.4. The summed E-state index contributed by atoms with van der Waals surface area (Å²) in [7, 11) is -2.72. The molecular formula is C11H15F2NO3S. The highest BCUT2D eigenvalue weighted by Crippen LogP contribution is 2.19. The summed E-state index contributed by atoms with van der Waals surface area (Å²) in [4.78, 5) is -0.572. The summed E-state index contributed by atoms with van der Waals surface area (Å²) in [5.41, 5.74) is 0. The number of benzene rings is 1. The van der Waals surface area contributed by atoms with Crippen LogP contribution in [0.25, 0.3) is 0 Å². The monoisotopic (exact) mass is 279 g/mol. The Labute approximate surface area is 105 Å². The van der Waals surface area contributed by atoms with E-state index in [1.807, 2.05) is 0 Å². The normalized spacial score (nSPS) is 13.9. The summed E-state index contributed by atoms with van der Waals surface area (Å²) in [5, 5.41) is 9.08. The van der Waals surface area contributed by atoms with Crippen LogP contribution in [0.15, 0.2) is 23.1 Å². The van der Waals surface area contributed by atoms with E-state index < -0.39 is 32.7 Å². The fourth-order valence-electron chi connectivity index (χ4n) is 1.34. The maximum Gasteiger partial charge on any atom is 0.245 e. The van der Waals surface area contributed by atoms with Gasteiger partial charge in [0.25, 0.3) is 0 Å². The molecule has 1 rings (SSSR count). The Bertz CT molecular complexity index is 517. The lowest BCUT2D eigenvalue weighted by Gasteiger charge is -2.18. The van der Waals surface area contributed by atoms with Crippen LogP contribution in [0.1, 0.15) is 13.3 Å². The molecule has 1 aromatic carbocycles. The minimum Gasteiger partial charge on any atom is -0.393 e. The van der Waals surface area contributed by atoms with E-state index in [1.54, 1.807) is 0 Å². The van der Waals surface area contributed by atoms with Crippen LogP contribution in [-0.4, -0.2) is 37.5 Å². The molecule has 0 aliphatic heterocycles. The third-order valence-corrected chi connectivity index (χ3v) is 4.33. The molecule has 0 aromatic heterocycles. The van der Waals surface area contributed by atoms with Gasteiger partial charge in [0.05, 0.1) is 6.10 Å². The Kier molecular flexibility index (Phi) is 4.78. The van der Waals surface area contributed by atoms with Crippen LogP contribution in [0, 0.1) is 11.6 Å². The fraction of sp³-hybridized carbons (Fsp3) is 0.455. The van der Waals surface area contributed by atoms with Crippen LogP contribution < -0.4 is 0 Å². The number of halogens is 2. The van der Waals surface area contributed by atoms with Crippen molar-refractivity contribution in [1.29, 1.82) is 0 Å². The van der Waals surface area contributed by atoms with Crippen molar-refractivity contribution < 1.29 is 22.3 Å². The van der Waals surface area contributed by atoms with Crippen LogP contribution in [0.5, 0.6) is 0 Å². The number of hydrogen-bond donors (Lipinski definition) is 1. The first-order valence-electron chi connectivity index (χ1n) is 5.34. The van der Waals surface area contributed by atoms with Crippen molar-refractivity contribution in [2.75, 3.05) is 13.6 Å². The molecule has 0 fully saturated rings. The van der Waals surface area contributed by atoms with Crippen molar-refractivity contribution >= 4 is 10.0 Å². The van der Waals surface area contributed by atoms with E-state index in [2.05, 4.69) is 0 Å². The minimum absolute atomic E-state index is 0.0524. The Morgan fingerprint density at radius 2 is 2.00 bits per heavy atom. The highest BCUT2D eigenvalue weighted by Gasteiger charge is 2.24. The molecular weight excluding hydrogens is 264 g/mol. The highest BCUT2D eigenvalue weighted by molar-refractivity contribution is 7.89. The van der Waals surface area contributed by atoms with Crippen molar-refractivity contribution in [3.8, 4) is 0 Å². The summed E-state index contributed by atoms with van der Waals surface area (Å²) < 4.78 is 51.0. The van der Waals surface area contributed by atoms with Crippen molar-refractivity contribution in [3.05, 3.63) is 29.8 Å². The van der Waals surface area contributed by atoms with Crippen molar-refractivity contribution in [2.45, 2.75) is 24.3 Å². The largest absolute Gasteiger partial charge is 0.393 e. The van der Waals surface area contributed by atoms with Gasteiger partial charge in [-0.1, -0.05) is 0 Å². The number of aliphatic hydroxyl groups is 1. The lowest BCUT2D eigenvalue weighted by Crippen LogP contribution is -2.30. The van der Waals surface area contributed by atoms with Gasteiger partial charge in [-0.2, -0.15) is 0 Å². The third-order valence-electron chi connectivity index (χ3n) is 2.44. The average molecular weight is 279 g/mol. The molecule has 0 heterocycles. The van der Waals surface area contributed by atoms with E-state index in [4.69, 9.17) is 5.11 Å². The van der Waals surface area contributed by atoms with Gasteiger partial charge in [0.1, 0.15) is 16.5 Å². The summed E-state index contributed by atoms with van der Waals surface area (Å²) in [6.45, 7) is 1.58. The molecule has 4 nitrogen and oxygen atoms in total. The van der Waals surface area contributed by atoms with E-state index in [0.717, 1.165) is 16.4 Å². The first-order chi connectivity index (χ1) is 8.25. The maximum atomic E-state index is 13.4. The second kappa shape index (κ2) is 5.73. The zero-order chi connectivity index (χ0) is 13.9. The Balaban J connectivity index is 2.98. The number of nitrogens with zero attached hydrogens (tertiary/aromatic N) is 1. The fourth-order valence-corrected chi connectivity index (χ4v) is 2.57. The quantitative estimate of drug-likeness (QED) is 0.885. The molecule has 0 aliphatic carbocycles. The molecule has 0 amide bonds. The van der Waals surface area contributed by atoms with Gasteiger partial charge in [0.15, 0.2) is 0 Å². The number of aliphatic hydroxyl groups excluding tert-OH is 1. The first kappa shape index (κ1) is 15.0. The van der Waals surface area contributed by atoms with Gasteiger partial charge in [0, 0.05) is 19.7 Å². The number of rotatable bonds is 5. The molecule has 0 radical (unpaired) electrons. The average Bonchev–Trinajstić information content (AvgIpc) is 2.24. The molecule has 0 saturated heterocycles. The van der Waals surface area contributed by atoms with Crippen LogP contribution in [0.2, 0.25) is 0 Å². The van der Waals surface area contributed by atoms with E-state index in [1.165, 1.54) is 14.0 Å². The molecule has 1 atom stereocenters. The molecule has 1 aromatic rings. The molecule has 1 N–H and O–H groups in total. The lowest BCUT2D eigenvalue weighted by molar-refractivity contribution is 0.177. The second-order valence-electron chi connectivity index (χ2n) is 4.04. The highest BCUT2D eigenvalue weighted by atomic mass is 32.2. The SMILES string of the molecule is CC(O)CCN(C)S(=O)(=O)c1ccc(F)cc1F. The van der Waals surface area contributed by atoms with Crippen molar-refractivity contribution in [3.63, 3.8) is 0 Å². The molecule has 0 aliphatic rings. The summed E-state index contributed by atoms with van der Waals surface area (Å²) in [6, 6.07) is 2.30.